The Morgan fingerprint density at radius 3 is 2.70 bits per heavy atom. The van der Waals surface area contributed by atoms with Gasteiger partial charge in [-0.05, 0) is 31.4 Å². The van der Waals surface area contributed by atoms with Gasteiger partial charge in [-0.3, -0.25) is 4.79 Å². The maximum Gasteiger partial charge on any atom is 0.220 e. The minimum Gasteiger partial charge on any atom is -0.350 e. The van der Waals surface area contributed by atoms with Gasteiger partial charge in [-0.1, -0.05) is 18.2 Å². The molecule has 0 aromatic heterocycles. The van der Waals surface area contributed by atoms with Crippen molar-refractivity contribution in [2.24, 2.45) is 0 Å². The van der Waals surface area contributed by atoms with Crippen molar-refractivity contribution in [1.82, 2.24) is 5.32 Å². The van der Waals surface area contributed by atoms with Gasteiger partial charge in [-0.15, -0.1) is 0 Å². The summed E-state index contributed by atoms with van der Waals surface area (Å²) in [4.78, 5) is 11.9. The average Bonchev–Trinajstić information content (AvgIpc) is 2.62. The fourth-order valence-corrected chi connectivity index (χ4v) is 4.55. The highest BCUT2D eigenvalue weighted by Crippen LogP contribution is 2.23. The fourth-order valence-electron chi connectivity index (χ4n) is 2.46. The third-order valence-corrected chi connectivity index (χ3v) is 5.43. The van der Waals surface area contributed by atoms with E-state index in [9.17, 15) is 17.6 Å². The van der Waals surface area contributed by atoms with Crippen LogP contribution < -0.4 is 5.32 Å². The summed E-state index contributed by atoms with van der Waals surface area (Å²) in [5, 5.41) is 2.76. The molecule has 1 aromatic carbocycles. The molecule has 20 heavy (non-hydrogen) atoms. The summed E-state index contributed by atoms with van der Waals surface area (Å²) in [6.07, 6.45) is 0.888. The molecule has 1 aliphatic rings. The van der Waals surface area contributed by atoms with Crippen molar-refractivity contribution in [3.05, 3.63) is 35.6 Å². The van der Waals surface area contributed by atoms with Gasteiger partial charge < -0.3 is 5.32 Å². The van der Waals surface area contributed by atoms with Gasteiger partial charge in [-0.25, -0.2) is 12.8 Å². The van der Waals surface area contributed by atoms with Crippen LogP contribution in [0.3, 0.4) is 0 Å². The van der Waals surface area contributed by atoms with E-state index in [4.69, 9.17) is 0 Å². The van der Waals surface area contributed by atoms with Crippen molar-refractivity contribution in [3.63, 3.8) is 0 Å². The second kappa shape index (κ2) is 5.52. The number of benzene rings is 1. The monoisotopic (exact) mass is 299 g/mol. The number of hydrogen-bond acceptors (Lipinski definition) is 3. The van der Waals surface area contributed by atoms with Gasteiger partial charge in [0.2, 0.25) is 5.91 Å². The minimum absolute atomic E-state index is 0.0224. The molecule has 0 unspecified atom stereocenters. The van der Waals surface area contributed by atoms with Gasteiger partial charge in [0.15, 0.2) is 9.84 Å². The van der Waals surface area contributed by atoms with Gasteiger partial charge in [0.05, 0.1) is 17.0 Å². The molecule has 1 fully saturated rings. The molecular formula is C14H18FNO3S. The molecule has 1 amide bonds. The number of sulfone groups is 1. The van der Waals surface area contributed by atoms with E-state index in [1.54, 1.807) is 25.1 Å². The molecule has 0 aliphatic carbocycles. The Labute approximate surface area is 118 Å². The molecule has 1 saturated heterocycles. The quantitative estimate of drug-likeness (QED) is 0.915. The molecule has 0 bridgehead atoms. The number of rotatable bonds is 4. The van der Waals surface area contributed by atoms with Crippen LogP contribution in [0.4, 0.5) is 4.39 Å². The van der Waals surface area contributed by atoms with Crippen molar-refractivity contribution in [3.8, 4) is 0 Å². The zero-order valence-electron chi connectivity index (χ0n) is 11.4. The Bertz CT molecular complexity index is 615. The van der Waals surface area contributed by atoms with Crippen LogP contribution in [0.5, 0.6) is 0 Å². The van der Waals surface area contributed by atoms with Gasteiger partial charge in [0.25, 0.3) is 0 Å². The Morgan fingerprint density at radius 1 is 1.40 bits per heavy atom. The lowest BCUT2D eigenvalue weighted by molar-refractivity contribution is -0.122. The van der Waals surface area contributed by atoms with Crippen LogP contribution in [0.2, 0.25) is 0 Å². The number of carbonyl (C=O) groups excluding carboxylic acids is 1. The highest BCUT2D eigenvalue weighted by molar-refractivity contribution is 7.91. The van der Waals surface area contributed by atoms with E-state index in [0.29, 0.717) is 18.4 Å². The predicted molar refractivity (Wildman–Crippen MR) is 74.5 cm³/mol. The molecule has 4 nitrogen and oxygen atoms in total. The molecule has 0 radical (unpaired) electrons. The largest absolute Gasteiger partial charge is 0.350 e. The highest BCUT2D eigenvalue weighted by atomic mass is 32.2. The number of carbonyl (C=O) groups is 1. The first-order valence-electron chi connectivity index (χ1n) is 6.55. The van der Waals surface area contributed by atoms with Crippen LogP contribution in [-0.4, -0.2) is 31.4 Å². The van der Waals surface area contributed by atoms with Crippen LogP contribution in [-0.2, 0) is 21.1 Å². The molecule has 1 N–H and O–H groups in total. The van der Waals surface area contributed by atoms with Gasteiger partial charge in [0.1, 0.15) is 5.82 Å². The molecule has 1 atom stereocenters. The molecule has 1 aliphatic heterocycles. The van der Waals surface area contributed by atoms with Crippen molar-refractivity contribution in [2.45, 2.75) is 31.7 Å². The summed E-state index contributed by atoms with van der Waals surface area (Å²) in [6, 6.07) is 6.33. The van der Waals surface area contributed by atoms with E-state index in [-0.39, 0.29) is 29.7 Å². The lowest BCUT2D eigenvalue weighted by atomic mass is 10.0. The number of aryl methyl sites for hydroxylation is 1. The molecule has 0 spiro atoms. The third-order valence-electron chi connectivity index (χ3n) is 3.52. The topological polar surface area (TPSA) is 63.2 Å². The smallest absolute Gasteiger partial charge is 0.220 e. The third kappa shape index (κ3) is 3.79. The van der Waals surface area contributed by atoms with Gasteiger partial charge >= 0.3 is 0 Å². The lowest BCUT2D eigenvalue weighted by Gasteiger charge is -2.23. The molecule has 1 heterocycles. The zero-order valence-corrected chi connectivity index (χ0v) is 12.2. The SMILES string of the molecule is C[C@]1(NC(=O)CCc2ccccc2F)CCS(=O)(=O)C1. The van der Waals surface area contributed by atoms with E-state index < -0.39 is 15.4 Å². The van der Waals surface area contributed by atoms with Crippen molar-refractivity contribution < 1.29 is 17.6 Å². The van der Waals surface area contributed by atoms with E-state index in [0.717, 1.165) is 0 Å². The predicted octanol–water partition coefficient (Wildman–Crippen LogP) is 1.45. The second-order valence-corrected chi connectivity index (χ2v) is 7.73. The Hall–Kier alpha value is -1.43. The van der Waals surface area contributed by atoms with Crippen LogP contribution >= 0.6 is 0 Å². The van der Waals surface area contributed by atoms with Crippen LogP contribution in [0.1, 0.15) is 25.3 Å². The van der Waals surface area contributed by atoms with Gasteiger partial charge in [-0.2, -0.15) is 0 Å². The van der Waals surface area contributed by atoms with Gasteiger partial charge in [0, 0.05) is 6.42 Å². The van der Waals surface area contributed by atoms with E-state index in [1.165, 1.54) is 6.07 Å². The van der Waals surface area contributed by atoms with Crippen LogP contribution in [0, 0.1) is 5.82 Å². The highest BCUT2D eigenvalue weighted by Gasteiger charge is 2.39. The van der Waals surface area contributed by atoms with E-state index >= 15 is 0 Å². The molecule has 0 saturated carbocycles. The maximum absolute atomic E-state index is 13.4. The number of amides is 1. The Kier molecular flexibility index (Phi) is 4.13. The maximum atomic E-state index is 13.4. The first kappa shape index (κ1) is 15.0. The molecule has 2 rings (SSSR count). The van der Waals surface area contributed by atoms with Crippen molar-refractivity contribution >= 4 is 15.7 Å². The summed E-state index contributed by atoms with van der Waals surface area (Å²) < 4.78 is 36.3. The van der Waals surface area contributed by atoms with Crippen molar-refractivity contribution in [1.29, 1.82) is 0 Å². The molecule has 1 aromatic rings. The van der Waals surface area contributed by atoms with E-state index in [2.05, 4.69) is 5.32 Å². The van der Waals surface area contributed by atoms with Crippen LogP contribution in [0.15, 0.2) is 24.3 Å². The Balaban J connectivity index is 1.89. The zero-order chi connectivity index (χ0) is 14.8. The normalized spacial score (nSPS) is 24.5. The average molecular weight is 299 g/mol. The molecular weight excluding hydrogens is 281 g/mol. The molecule has 6 heteroatoms. The standard InChI is InChI=1S/C14H18FNO3S/c1-14(8-9-20(18,19)10-14)16-13(17)7-6-11-4-2-3-5-12(11)15/h2-5H,6-10H2,1H3,(H,16,17)/t14-/m0/s1. The summed E-state index contributed by atoms with van der Waals surface area (Å²) in [5.41, 5.74) is -0.197. The minimum atomic E-state index is -3.05. The first-order valence-corrected chi connectivity index (χ1v) is 8.37. The van der Waals surface area contributed by atoms with E-state index in [1.807, 2.05) is 0 Å². The second-order valence-electron chi connectivity index (χ2n) is 5.54. The summed E-state index contributed by atoms with van der Waals surface area (Å²) in [6.45, 7) is 1.73. The summed E-state index contributed by atoms with van der Waals surface area (Å²) >= 11 is 0. The van der Waals surface area contributed by atoms with Crippen LogP contribution in [0.25, 0.3) is 0 Å². The number of halogens is 1. The number of nitrogens with one attached hydrogen (secondary N) is 1. The summed E-state index contributed by atoms with van der Waals surface area (Å²) in [7, 11) is -3.05. The summed E-state index contributed by atoms with van der Waals surface area (Å²) in [5.74, 6) is -0.481. The number of hydrogen-bond donors (Lipinski definition) is 1. The molecule has 110 valence electrons. The lowest BCUT2D eigenvalue weighted by Crippen LogP contribution is -2.47. The fraction of sp³-hybridized carbons (Fsp3) is 0.500. The first-order chi connectivity index (χ1) is 9.30. The Morgan fingerprint density at radius 2 is 2.10 bits per heavy atom. The van der Waals surface area contributed by atoms with Crippen molar-refractivity contribution in [2.75, 3.05) is 11.5 Å².